The molecule has 6 nitrogen and oxygen atoms in total. The van der Waals surface area contributed by atoms with Gasteiger partial charge in [-0.2, -0.15) is 0 Å². The molecule has 0 radical (unpaired) electrons. The van der Waals surface area contributed by atoms with Gasteiger partial charge in [0.1, 0.15) is 13.2 Å². The van der Waals surface area contributed by atoms with Crippen LogP contribution in [0.15, 0.2) is 97.2 Å². The number of carbonyl (C=O) groups excluding carboxylic acids is 3. The molecule has 0 N–H and O–H groups in total. The zero-order chi connectivity index (χ0) is 46.5. The van der Waals surface area contributed by atoms with Crippen molar-refractivity contribution in [1.82, 2.24) is 0 Å². The molecule has 0 bridgehead atoms. The van der Waals surface area contributed by atoms with Crippen LogP contribution in [0.25, 0.3) is 0 Å². The lowest BCUT2D eigenvalue weighted by Gasteiger charge is -2.18. The van der Waals surface area contributed by atoms with Gasteiger partial charge in [-0.3, -0.25) is 14.4 Å². The highest BCUT2D eigenvalue weighted by Gasteiger charge is 2.19. The Morgan fingerprint density at radius 1 is 0.328 bits per heavy atom. The van der Waals surface area contributed by atoms with Crippen molar-refractivity contribution in [2.24, 2.45) is 0 Å². The molecule has 0 fully saturated rings. The van der Waals surface area contributed by atoms with E-state index >= 15 is 0 Å². The summed E-state index contributed by atoms with van der Waals surface area (Å²) in [7, 11) is 0. The minimum absolute atomic E-state index is 0.103. The second kappa shape index (κ2) is 52.0. The Bertz CT molecular complexity index is 1300. The highest BCUT2D eigenvalue weighted by Crippen LogP contribution is 2.14. The molecule has 0 aliphatic rings. The van der Waals surface area contributed by atoms with E-state index in [2.05, 4.69) is 118 Å². The second-order valence-electron chi connectivity index (χ2n) is 17.1. The Balaban J connectivity index is 4.51. The average Bonchev–Trinajstić information content (AvgIpc) is 3.29. The summed E-state index contributed by atoms with van der Waals surface area (Å²) in [5.41, 5.74) is 0. The highest BCUT2D eigenvalue weighted by molar-refractivity contribution is 5.71. The van der Waals surface area contributed by atoms with Crippen molar-refractivity contribution in [3.8, 4) is 0 Å². The third-order valence-corrected chi connectivity index (χ3v) is 10.8. The van der Waals surface area contributed by atoms with Crippen LogP contribution in [-0.4, -0.2) is 37.2 Å². The van der Waals surface area contributed by atoms with Crippen LogP contribution in [0.4, 0.5) is 0 Å². The standard InChI is InChI=1S/C58H96O6/c1-4-7-10-13-16-19-22-25-27-28-29-30-32-34-37-40-43-46-49-52-58(61)64-55(53-62-56(59)50-47-44-41-38-35-24-21-18-15-12-9-6-3)54-63-57(60)51-48-45-42-39-36-33-31-26-23-20-17-14-11-8-5-2/h7,10,16-17,19-20,25-27,29-31,34,36-37,39,55H,4-6,8-9,11-15,18,21-24,28,32-33,35,38,40-54H2,1-3H3/b10-7-,19-16-,20-17-,27-25-,30-29-,31-26-,37-34-,39-36-/t55-/m0/s1. The molecule has 64 heavy (non-hydrogen) atoms. The number of esters is 3. The van der Waals surface area contributed by atoms with Gasteiger partial charge in [0.05, 0.1) is 0 Å². The van der Waals surface area contributed by atoms with Crippen molar-refractivity contribution in [3.05, 3.63) is 97.2 Å². The first-order chi connectivity index (χ1) is 31.5. The quantitative estimate of drug-likeness (QED) is 0.0262. The molecule has 0 saturated heterocycles. The van der Waals surface area contributed by atoms with Gasteiger partial charge in [-0.25, -0.2) is 0 Å². The van der Waals surface area contributed by atoms with Crippen LogP contribution in [0.1, 0.15) is 233 Å². The maximum Gasteiger partial charge on any atom is 0.306 e. The number of carbonyl (C=O) groups is 3. The molecule has 1 atom stereocenters. The van der Waals surface area contributed by atoms with Crippen molar-refractivity contribution in [2.75, 3.05) is 13.2 Å². The number of unbranched alkanes of at least 4 members (excludes halogenated alkanes) is 19. The summed E-state index contributed by atoms with van der Waals surface area (Å²) in [6.07, 6.45) is 68.2. The SMILES string of the molecule is CC/C=C\C/C=C\C/C=C\C/C=C\C/C=C\CCCCCC(=O)O[C@H](COC(=O)CCCC/C=C\C/C=C\C/C=C\CCCCC)COC(=O)CCCCCCCCCCCCCC. The first kappa shape index (κ1) is 60.3. The Labute approximate surface area is 394 Å². The molecule has 0 rings (SSSR count). The van der Waals surface area contributed by atoms with Crippen molar-refractivity contribution in [2.45, 2.75) is 239 Å². The zero-order valence-corrected chi connectivity index (χ0v) is 41.5. The fourth-order valence-corrected chi connectivity index (χ4v) is 6.89. The summed E-state index contributed by atoms with van der Waals surface area (Å²) in [5, 5.41) is 0. The van der Waals surface area contributed by atoms with E-state index in [0.29, 0.717) is 12.8 Å². The highest BCUT2D eigenvalue weighted by atomic mass is 16.6. The lowest BCUT2D eigenvalue weighted by Crippen LogP contribution is -2.30. The normalized spacial score (nSPS) is 12.9. The van der Waals surface area contributed by atoms with Gasteiger partial charge in [0, 0.05) is 19.3 Å². The first-order valence-electron chi connectivity index (χ1n) is 26.2. The van der Waals surface area contributed by atoms with Gasteiger partial charge in [-0.15, -0.1) is 0 Å². The smallest absolute Gasteiger partial charge is 0.306 e. The van der Waals surface area contributed by atoms with E-state index in [0.717, 1.165) is 109 Å². The predicted octanol–water partition coefficient (Wildman–Crippen LogP) is 17.4. The Morgan fingerprint density at radius 3 is 1.02 bits per heavy atom. The van der Waals surface area contributed by atoms with E-state index in [4.69, 9.17) is 14.2 Å². The number of hydrogen-bond acceptors (Lipinski definition) is 6. The second-order valence-corrected chi connectivity index (χ2v) is 17.1. The van der Waals surface area contributed by atoms with Crippen LogP contribution in [0.5, 0.6) is 0 Å². The molecule has 0 aromatic carbocycles. The Hall–Kier alpha value is -3.67. The third-order valence-electron chi connectivity index (χ3n) is 10.8. The van der Waals surface area contributed by atoms with Gasteiger partial charge in [0.25, 0.3) is 0 Å². The van der Waals surface area contributed by atoms with Crippen LogP contribution < -0.4 is 0 Å². The molecule has 0 aliphatic carbocycles. The predicted molar refractivity (Wildman–Crippen MR) is 274 cm³/mol. The van der Waals surface area contributed by atoms with Gasteiger partial charge in [-0.05, 0) is 103 Å². The Kier molecular flexibility index (Phi) is 49.0. The molecular weight excluding hydrogens is 793 g/mol. The van der Waals surface area contributed by atoms with Gasteiger partial charge >= 0.3 is 17.9 Å². The molecule has 0 aliphatic heterocycles. The molecular formula is C58H96O6. The lowest BCUT2D eigenvalue weighted by molar-refractivity contribution is -0.167. The van der Waals surface area contributed by atoms with E-state index in [1.54, 1.807) is 0 Å². The minimum Gasteiger partial charge on any atom is -0.462 e. The molecule has 364 valence electrons. The van der Waals surface area contributed by atoms with Crippen molar-refractivity contribution in [1.29, 1.82) is 0 Å². The maximum atomic E-state index is 12.8. The van der Waals surface area contributed by atoms with Gasteiger partial charge in [-0.1, -0.05) is 208 Å². The van der Waals surface area contributed by atoms with Crippen LogP contribution in [0.2, 0.25) is 0 Å². The maximum absolute atomic E-state index is 12.8. The zero-order valence-electron chi connectivity index (χ0n) is 41.5. The molecule has 6 heteroatoms. The number of rotatable bonds is 46. The van der Waals surface area contributed by atoms with E-state index in [9.17, 15) is 14.4 Å². The summed E-state index contributed by atoms with van der Waals surface area (Å²) >= 11 is 0. The number of allylic oxidation sites excluding steroid dienone is 16. The topological polar surface area (TPSA) is 78.9 Å². The molecule has 0 aromatic heterocycles. The first-order valence-corrected chi connectivity index (χ1v) is 26.2. The summed E-state index contributed by atoms with van der Waals surface area (Å²) in [6.45, 7) is 6.42. The van der Waals surface area contributed by atoms with Gasteiger partial charge in [0.15, 0.2) is 6.10 Å². The largest absolute Gasteiger partial charge is 0.462 e. The van der Waals surface area contributed by atoms with E-state index in [1.165, 1.54) is 83.5 Å². The monoisotopic (exact) mass is 889 g/mol. The van der Waals surface area contributed by atoms with Gasteiger partial charge in [0.2, 0.25) is 0 Å². The van der Waals surface area contributed by atoms with Crippen LogP contribution in [-0.2, 0) is 28.6 Å². The summed E-state index contributed by atoms with van der Waals surface area (Å²) < 4.78 is 16.7. The third kappa shape index (κ3) is 49.3. The van der Waals surface area contributed by atoms with E-state index < -0.39 is 6.10 Å². The summed E-state index contributed by atoms with van der Waals surface area (Å²) in [5.74, 6) is -0.977. The molecule has 0 aromatic rings. The Morgan fingerprint density at radius 2 is 0.609 bits per heavy atom. The van der Waals surface area contributed by atoms with Crippen LogP contribution in [0, 0.1) is 0 Å². The average molecular weight is 889 g/mol. The van der Waals surface area contributed by atoms with Gasteiger partial charge < -0.3 is 14.2 Å². The molecule has 0 saturated carbocycles. The van der Waals surface area contributed by atoms with E-state index in [-0.39, 0.29) is 37.5 Å². The fourth-order valence-electron chi connectivity index (χ4n) is 6.89. The van der Waals surface area contributed by atoms with Crippen molar-refractivity contribution >= 4 is 17.9 Å². The van der Waals surface area contributed by atoms with Crippen molar-refractivity contribution in [3.63, 3.8) is 0 Å². The van der Waals surface area contributed by atoms with Crippen LogP contribution in [0.3, 0.4) is 0 Å². The molecule has 0 amide bonds. The number of hydrogen-bond donors (Lipinski definition) is 0. The minimum atomic E-state index is -0.809. The molecule has 0 heterocycles. The molecule has 0 spiro atoms. The summed E-state index contributed by atoms with van der Waals surface area (Å²) in [4.78, 5) is 38.0. The number of ether oxygens (including phenoxy) is 3. The molecule has 0 unspecified atom stereocenters. The van der Waals surface area contributed by atoms with E-state index in [1.807, 2.05) is 0 Å². The summed E-state index contributed by atoms with van der Waals surface area (Å²) in [6, 6.07) is 0. The van der Waals surface area contributed by atoms with Crippen LogP contribution >= 0.6 is 0 Å². The fraction of sp³-hybridized carbons (Fsp3) is 0.672. The lowest BCUT2D eigenvalue weighted by atomic mass is 10.0. The van der Waals surface area contributed by atoms with Crippen molar-refractivity contribution < 1.29 is 28.6 Å².